The lowest BCUT2D eigenvalue weighted by atomic mass is 9.74. The van der Waals surface area contributed by atoms with Gasteiger partial charge >= 0.3 is 0 Å². The van der Waals surface area contributed by atoms with Gasteiger partial charge in [-0.1, -0.05) is 24.3 Å². The van der Waals surface area contributed by atoms with Gasteiger partial charge in [-0.25, -0.2) is 0 Å². The van der Waals surface area contributed by atoms with Gasteiger partial charge in [0.15, 0.2) is 0 Å². The maximum Gasteiger partial charge on any atom is 0.101 e. The van der Waals surface area contributed by atoms with E-state index < -0.39 is 0 Å². The van der Waals surface area contributed by atoms with Gasteiger partial charge in [0.1, 0.15) is 6.10 Å². The number of hydrogen-bond acceptors (Lipinski definition) is 3. The number of aromatic nitrogens is 2. The first kappa shape index (κ1) is 16.8. The topological polar surface area (TPSA) is 39.1 Å². The minimum atomic E-state index is 0.145. The highest BCUT2D eigenvalue weighted by Gasteiger charge is 2.36. The largest absolute Gasteiger partial charge is 0.372 e. The molecule has 0 amide bonds. The Balaban J connectivity index is 1.37. The SMILES string of the molecule is CCn1cc([C@H]2OCCC[C@@H]2NC2CC(c3ccccc3C)C2)cn1. The fraction of sp³-hybridized carbons (Fsp3) is 0.571. The molecule has 1 saturated heterocycles. The summed E-state index contributed by atoms with van der Waals surface area (Å²) in [5.41, 5.74) is 4.17. The Labute approximate surface area is 150 Å². The molecule has 1 N–H and O–H groups in total. The van der Waals surface area contributed by atoms with Crippen LogP contribution in [-0.4, -0.2) is 28.5 Å². The quantitative estimate of drug-likeness (QED) is 0.896. The van der Waals surface area contributed by atoms with Gasteiger partial charge in [-0.05, 0) is 56.6 Å². The second-order valence-electron chi connectivity index (χ2n) is 7.56. The van der Waals surface area contributed by atoms with E-state index in [0.717, 1.165) is 19.6 Å². The van der Waals surface area contributed by atoms with Crippen LogP contribution in [0.1, 0.15) is 61.3 Å². The molecule has 0 radical (unpaired) electrons. The van der Waals surface area contributed by atoms with Crippen LogP contribution in [0.4, 0.5) is 0 Å². The number of ether oxygens (including phenoxy) is 1. The van der Waals surface area contributed by atoms with Crippen LogP contribution in [0.15, 0.2) is 36.7 Å². The highest BCUT2D eigenvalue weighted by atomic mass is 16.5. The van der Waals surface area contributed by atoms with Crippen molar-refractivity contribution in [2.75, 3.05) is 6.61 Å². The van der Waals surface area contributed by atoms with Crippen LogP contribution in [-0.2, 0) is 11.3 Å². The van der Waals surface area contributed by atoms with Gasteiger partial charge in [0.25, 0.3) is 0 Å². The zero-order valence-corrected chi connectivity index (χ0v) is 15.3. The molecular weight excluding hydrogens is 310 g/mol. The molecule has 4 rings (SSSR count). The Bertz CT molecular complexity index is 705. The van der Waals surface area contributed by atoms with Crippen molar-refractivity contribution >= 4 is 0 Å². The number of nitrogens with zero attached hydrogens (tertiary/aromatic N) is 2. The van der Waals surface area contributed by atoms with E-state index in [0.29, 0.717) is 18.0 Å². The molecule has 2 fully saturated rings. The second-order valence-corrected chi connectivity index (χ2v) is 7.56. The number of hydrogen-bond donors (Lipinski definition) is 1. The minimum absolute atomic E-state index is 0.145. The molecule has 2 atom stereocenters. The lowest BCUT2D eigenvalue weighted by molar-refractivity contribution is -0.0177. The molecule has 1 aliphatic carbocycles. The van der Waals surface area contributed by atoms with Gasteiger partial charge < -0.3 is 10.1 Å². The predicted molar refractivity (Wildman–Crippen MR) is 99.7 cm³/mol. The van der Waals surface area contributed by atoms with Gasteiger partial charge in [-0.3, -0.25) is 4.68 Å². The van der Waals surface area contributed by atoms with Crippen molar-refractivity contribution in [1.82, 2.24) is 15.1 Å². The molecule has 1 aromatic carbocycles. The Morgan fingerprint density at radius 2 is 2.12 bits per heavy atom. The maximum atomic E-state index is 6.12. The molecule has 134 valence electrons. The average Bonchev–Trinajstić information content (AvgIpc) is 3.08. The smallest absolute Gasteiger partial charge is 0.101 e. The number of rotatable bonds is 5. The zero-order chi connectivity index (χ0) is 17.2. The number of nitrogens with one attached hydrogen (secondary N) is 1. The van der Waals surface area contributed by atoms with Crippen LogP contribution in [0.2, 0.25) is 0 Å². The summed E-state index contributed by atoms with van der Waals surface area (Å²) in [5.74, 6) is 0.713. The number of aryl methyl sites for hydroxylation is 2. The number of benzene rings is 1. The van der Waals surface area contributed by atoms with Crippen molar-refractivity contribution in [2.45, 2.75) is 70.2 Å². The zero-order valence-electron chi connectivity index (χ0n) is 15.3. The van der Waals surface area contributed by atoms with E-state index in [1.807, 2.05) is 10.9 Å². The summed E-state index contributed by atoms with van der Waals surface area (Å²) in [6, 6.07) is 9.84. The summed E-state index contributed by atoms with van der Waals surface area (Å²) in [5, 5.41) is 8.32. The molecule has 2 aliphatic rings. The van der Waals surface area contributed by atoms with Crippen molar-refractivity contribution in [3.63, 3.8) is 0 Å². The summed E-state index contributed by atoms with van der Waals surface area (Å²) >= 11 is 0. The Morgan fingerprint density at radius 3 is 2.88 bits per heavy atom. The van der Waals surface area contributed by atoms with Crippen molar-refractivity contribution in [3.8, 4) is 0 Å². The Morgan fingerprint density at radius 1 is 1.28 bits per heavy atom. The monoisotopic (exact) mass is 339 g/mol. The van der Waals surface area contributed by atoms with Crippen LogP contribution in [0, 0.1) is 6.92 Å². The fourth-order valence-corrected chi connectivity index (χ4v) is 4.34. The third-order valence-corrected chi connectivity index (χ3v) is 5.84. The normalized spacial score (nSPS) is 29.4. The first-order valence-corrected chi connectivity index (χ1v) is 9.70. The molecule has 2 aromatic rings. The lowest BCUT2D eigenvalue weighted by Gasteiger charge is -2.42. The predicted octanol–water partition coefficient (Wildman–Crippen LogP) is 3.97. The van der Waals surface area contributed by atoms with Crippen LogP contribution >= 0.6 is 0 Å². The highest BCUT2D eigenvalue weighted by molar-refractivity contribution is 5.31. The minimum Gasteiger partial charge on any atom is -0.372 e. The van der Waals surface area contributed by atoms with Gasteiger partial charge in [-0.2, -0.15) is 5.10 Å². The molecule has 25 heavy (non-hydrogen) atoms. The molecule has 0 bridgehead atoms. The van der Waals surface area contributed by atoms with E-state index in [2.05, 4.69) is 54.7 Å². The first-order valence-electron chi connectivity index (χ1n) is 9.70. The van der Waals surface area contributed by atoms with E-state index in [9.17, 15) is 0 Å². The summed E-state index contributed by atoms with van der Waals surface area (Å²) < 4.78 is 8.11. The highest BCUT2D eigenvalue weighted by Crippen LogP contribution is 2.40. The summed E-state index contributed by atoms with van der Waals surface area (Å²) in [7, 11) is 0. The van der Waals surface area contributed by atoms with Gasteiger partial charge in [-0.15, -0.1) is 0 Å². The van der Waals surface area contributed by atoms with Crippen LogP contribution in [0.25, 0.3) is 0 Å². The van der Waals surface area contributed by atoms with Gasteiger partial charge in [0.2, 0.25) is 0 Å². The molecule has 2 heterocycles. The fourth-order valence-electron chi connectivity index (χ4n) is 4.34. The van der Waals surface area contributed by atoms with E-state index in [4.69, 9.17) is 4.74 Å². The molecule has 4 heteroatoms. The van der Waals surface area contributed by atoms with E-state index >= 15 is 0 Å². The summed E-state index contributed by atoms with van der Waals surface area (Å²) in [4.78, 5) is 0. The summed E-state index contributed by atoms with van der Waals surface area (Å²) in [6.45, 7) is 6.11. The molecule has 0 spiro atoms. The molecule has 0 unspecified atom stereocenters. The van der Waals surface area contributed by atoms with Crippen molar-refractivity contribution in [1.29, 1.82) is 0 Å². The molecule has 1 saturated carbocycles. The third kappa shape index (κ3) is 3.51. The average molecular weight is 339 g/mol. The van der Waals surface area contributed by atoms with Crippen molar-refractivity contribution in [2.24, 2.45) is 0 Å². The van der Waals surface area contributed by atoms with E-state index in [1.165, 1.54) is 36.0 Å². The van der Waals surface area contributed by atoms with Crippen molar-refractivity contribution < 1.29 is 4.74 Å². The lowest BCUT2D eigenvalue weighted by Crippen LogP contribution is -2.49. The Hall–Kier alpha value is -1.65. The van der Waals surface area contributed by atoms with Crippen LogP contribution in [0.3, 0.4) is 0 Å². The maximum absolute atomic E-state index is 6.12. The molecular formula is C21H29N3O. The standard InChI is InChI=1S/C21H29N3O/c1-3-24-14-17(13-22-24)21-20(9-6-10-25-21)23-18-11-16(12-18)19-8-5-4-7-15(19)2/h4-5,7-8,13-14,16,18,20-21,23H,3,6,9-12H2,1-2H3/t16?,18?,20-,21+/m0/s1. The van der Waals surface area contributed by atoms with E-state index in [1.54, 1.807) is 0 Å². The van der Waals surface area contributed by atoms with Crippen LogP contribution < -0.4 is 5.32 Å². The van der Waals surface area contributed by atoms with Crippen molar-refractivity contribution in [3.05, 3.63) is 53.3 Å². The molecule has 4 nitrogen and oxygen atoms in total. The molecule has 1 aromatic heterocycles. The third-order valence-electron chi connectivity index (χ3n) is 5.84. The van der Waals surface area contributed by atoms with Crippen LogP contribution in [0.5, 0.6) is 0 Å². The van der Waals surface area contributed by atoms with E-state index in [-0.39, 0.29) is 6.10 Å². The Kier molecular flexibility index (Phi) is 4.91. The van der Waals surface area contributed by atoms with Gasteiger partial charge in [0.05, 0.1) is 6.20 Å². The summed E-state index contributed by atoms with van der Waals surface area (Å²) in [6.07, 6.45) is 9.07. The second kappa shape index (κ2) is 7.30. The first-order chi connectivity index (χ1) is 12.2. The molecule has 1 aliphatic heterocycles. The van der Waals surface area contributed by atoms with Gasteiger partial charge in [0, 0.05) is 37.0 Å².